The normalized spacial score (nSPS) is 11.0. The van der Waals surface area contributed by atoms with Crippen LogP contribution in [-0.4, -0.2) is 30.9 Å². The molecule has 0 aliphatic heterocycles. The van der Waals surface area contributed by atoms with Crippen molar-refractivity contribution in [3.05, 3.63) is 80.0 Å². The molecule has 4 aromatic rings. The average molecular weight is 485 g/mol. The number of benzene rings is 1. The number of carbonyl (C=O) groups excluding carboxylic acids is 1. The van der Waals surface area contributed by atoms with Crippen LogP contribution < -0.4 is 5.32 Å². The first-order chi connectivity index (χ1) is 15.4. The number of hydrogen-bond donors (Lipinski definition) is 1. The van der Waals surface area contributed by atoms with Gasteiger partial charge in [0.05, 0.1) is 17.9 Å². The molecular formula is C22H21ClN6OS2. The van der Waals surface area contributed by atoms with E-state index in [4.69, 9.17) is 11.6 Å². The molecule has 0 aliphatic carbocycles. The largest absolute Gasteiger partial charge is 0.346 e. The predicted octanol–water partition coefficient (Wildman–Crippen LogP) is 4.92. The maximum atomic E-state index is 13.0. The third-order valence-electron chi connectivity index (χ3n) is 4.68. The van der Waals surface area contributed by atoms with Crippen molar-refractivity contribution >= 4 is 40.6 Å². The second kappa shape index (κ2) is 9.81. The van der Waals surface area contributed by atoms with E-state index in [9.17, 15) is 4.79 Å². The standard InChI is InChI=1S/C22H21ClN6OS2/c1-13-6-7-16(10-18(13)23)29-19(12-32-22-25-14(2)9-15(3)26-22)20(27-28-29)21(30)24-11-17-5-4-8-31-17/h4-10H,11-12H2,1-3H3,(H,24,30). The summed E-state index contributed by atoms with van der Waals surface area (Å²) in [6, 6.07) is 11.5. The van der Waals surface area contributed by atoms with Gasteiger partial charge in [0, 0.05) is 27.0 Å². The second-order valence-electron chi connectivity index (χ2n) is 7.21. The molecule has 0 bridgehead atoms. The number of thioether (sulfide) groups is 1. The van der Waals surface area contributed by atoms with E-state index in [1.165, 1.54) is 11.8 Å². The van der Waals surface area contributed by atoms with Gasteiger partial charge in [-0.1, -0.05) is 40.7 Å². The first kappa shape index (κ1) is 22.4. The summed E-state index contributed by atoms with van der Waals surface area (Å²) >= 11 is 9.36. The number of aromatic nitrogens is 5. The average Bonchev–Trinajstić information content (AvgIpc) is 3.42. The number of aryl methyl sites for hydroxylation is 3. The Morgan fingerprint density at radius 2 is 1.94 bits per heavy atom. The Morgan fingerprint density at radius 3 is 2.62 bits per heavy atom. The zero-order chi connectivity index (χ0) is 22.7. The van der Waals surface area contributed by atoms with Gasteiger partial charge < -0.3 is 5.32 Å². The second-order valence-corrected chi connectivity index (χ2v) is 9.60. The van der Waals surface area contributed by atoms with Gasteiger partial charge in [0.15, 0.2) is 10.9 Å². The number of thiophene rings is 1. The van der Waals surface area contributed by atoms with Crippen molar-refractivity contribution in [2.45, 2.75) is 38.2 Å². The quantitative estimate of drug-likeness (QED) is 0.296. The van der Waals surface area contributed by atoms with E-state index in [1.807, 2.05) is 62.5 Å². The summed E-state index contributed by atoms with van der Waals surface area (Å²) in [5.41, 5.74) is 4.42. The molecule has 32 heavy (non-hydrogen) atoms. The van der Waals surface area contributed by atoms with Gasteiger partial charge in [-0.15, -0.1) is 16.4 Å². The van der Waals surface area contributed by atoms with Crippen LogP contribution in [0, 0.1) is 20.8 Å². The van der Waals surface area contributed by atoms with Gasteiger partial charge in [-0.3, -0.25) is 4.79 Å². The van der Waals surface area contributed by atoms with Gasteiger partial charge >= 0.3 is 0 Å². The van der Waals surface area contributed by atoms with E-state index in [0.717, 1.165) is 27.5 Å². The Labute approximate surface area is 199 Å². The highest BCUT2D eigenvalue weighted by molar-refractivity contribution is 7.98. The molecule has 0 atom stereocenters. The lowest BCUT2D eigenvalue weighted by atomic mass is 10.2. The number of nitrogens with one attached hydrogen (secondary N) is 1. The lowest BCUT2D eigenvalue weighted by Gasteiger charge is -2.10. The van der Waals surface area contributed by atoms with Gasteiger partial charge in [-0.25, -0.2) is 14.6 Å². The van der Waals surface area contributed by atoms with Crippen LogP contribution in [0.2, 0.25) is 5.02 Å². The number of nitrogens with zero attached hydrogens (tertiary/aromatic N) is 5. The van der Waals surface area contributed by atoms with Crippen molar-refractivity contribution in [1.29, 1.82) is 0 Å². The van der Waals surface area contributed by atoms with Crippen molar-refractivity contribution in [3.63, 3.8) is 0 Å². The number of amides is 1. The Balaban J connectivity index is 1.65. The molecule has 0 aliphatic rings. The van der Waals surface area contributed by atoms with Crippen molar-refractivity contribution < 1.29 is 4.79 Å². The van der Waals surface area contributed by atoms with Gasteiger partial charge in [0.1, 0.15) is 0 Å². The van der Waals surface area contributed by atoms with E-state index in [1.54, 1.807) is 16.0 Å². The molecule has 0 spiro atoms. The summed E-state index contributed by atoms with van der Waals surface area (Å²) in [4.78, 5) is 23.0. The van der Waals surface area contributed by atoms with Crippen LogP contribution in [0.15, 0.2) is 46.9 Å². The van der Waals surface area contributed by atoms with Crippen molar-refractivity contribution in [1.82, 2.24) is 30.3 Å². The minimum absolute atomic E-state index is 0.273. The molecule has 1 aromatic carbocycles. The van der Waals surface area contributed by atoms with Crippen LogP contribution in [0.3, 0.4) is 0 Å². The molecule has 164 valence electrons. The minimum atomic E-state index is -0.278. The number of carbonyl (C=O) groups is 1. The fourth-order valence-corrected chi connectivity index (χ4v) is 4.84. The van der Waals surface area contributed by atoms with Gasteiger partial charge in [0.25, 0.3) is 5.91 Å². The third-order valence-corrected chi connectivity index (χ3v) is 6.82. The molecule has 0 saturated carbocycles. The van der Waals surface area contributed by atoms with Crippen LogP contribution in [0.1, 0.15) is 38.0 Å². The highest BCUT2D eigenvalue weighted by Crippen LogP contribution is 2.26. The third kappa shape index (κ3) is 5.17. The number of rotatable bonds is 7. The minimum Gasteiger partial charge on any atom is -0.346 e. The Morgan fingerprint density at radius 1 is 1.16 bits per heavy atom. The molecule has 0 radical (unpaired) electrons. The molecule has 7 nitrogen and oxygen atoms in total. The molecule has 3 heterocycles. The fourth-order valence-electron chi connectivity index (χ4n) is 3.08. The lowest BCUT2D eigenvalue weighted by Crippen LogP contribution is -2.24. The van der Waals surface area contributed by atoms with Crippen molar-refractivity contribution in [2.24, 2.45) is 0 Å². The zero-order valence-corrected chi connectivity index (χ0v) is 20.2. The molecule has 0 saturated heterocycles. The SMILES string of the molecule is Cc1cc(C)nc(SCc2c(C(=O)NCc3cccs3)nnn2-c2ccc(C)c(Cl)c2)n1. The Hall–Kier alpha value is -2.75. The van der Waals surface area contributed by atoms with Crippen LogP contribution in [0.25, 0.3) is 5.69 Å². The summed E-state index contributed by atoms with van der Waals surface area (Å²) in [5.74, 6) is 0.142. The van der Waals surface area contributed by atoms with E-state index >= 15 is 0 Å². The lowest BCUT2D eigenvalue weighted by molar-refractivity contribution is 0.0945. The zero-order valence-electron chi connectivity index (χ0n) is 17.8. The van der Waals surface area contributed by atoms with Crippen LogP contribution in [-0.2, 0) is 12.3 Å². The monoisotopic (exact) mass is 484 g/mol. The molecule has 1 N–H and O–H groups in total. The number of hydrogen-bond acceptors (Lipinski definition) is 7. The van der Waals surface area contributed by atoms with Crippen molar-refractivity contribution in [2.75, 3.05) is 0 Å². The van der Waals surface area contributed by atoms with E-state index in [2.05, 4.69) is 25.6 Å². The molecule has 1 amide bonds. The van der Waals surface area contributed by atoms with Gasteiger partial charge in [-0.05, 0) is 56.0 Å². The van der Waals surface area contributed by atoms with Gasteiger partial charge in [-0.2, -0.15) is 0 Å². The summed E-state index contributed by atoms with van der Waals surface area (Å²) in [5, 5.41) is 14.6. The van der Waals surface area contributed by atoms with Crippen molar-refractivity contribution in [3.8, 4) is 5.69 Å². The Kier molecular flexibility index (Phi) is 6.88. The fraction of sp³-hybridized carbons (Fsp3) is 0.227. The molecule has 10 heteroatoms. The molecule has 3 aromatic heterocycles. The Bertz CT molecular complexity index is 1240. The van der Waals surface area contributed by atoms with E-state index in [-0.39, 0.29) is 11.6 Å². The van der Waals surface area contributed by atoms with E-state index in [0.29, 0.717) is 28.2 Å². The summed E-state index contributed by atoms with van der Waals surface area (Å²) in [7, 11) is 0. The predicted molar refractivity (Wildman–Crippen MR) is 128 cm³/mol. The summed E-state index contributed by atoms with van der Waals surface area (Å²) < 4.78 is 1.65. The van der Waals surface area contributed by atoms with Crippen LogP contribution in [0.4, 0.5) is 0 Å². The highest BCUT2D eigenvalue weighted by Gasteiger charge is 2.22. The molecular weight excluding hydrogens is 464 g/mol. The smallest absolute Gasteiger partial charge is 0.274 e. The molecule has 4 rings (SSSR count). The van der Waals surface area contributed by atoms with Crippen LogP contribution >= 0.6 is 34.7 Å². The van der Waals surface area contributed by atoms with Gasteiger partial charge in [0.2, 0.25) is 0 Å². The number of halogens is 1. The highest BCUT2D eigenvalue weighted by atomic mass is 35.5. The summed E-state index contributed by atoms with van der Waals surface area (Å²) in [6.07, 6.45) is 0. The maximum absolute atomic E-state index is 13.0. The topological polar surface area (TPSA) is 85.6 Å². The maximum Gasteiger partial charge on any atom is 0.274 e. The van der Waals surface area contributed by atoms with Crippen LogP contribution in [0.5, 0.6) is 0 Å². The first-order valence-corrected chi connectivity index (χ1v) is 12.1. The molecule has 0 fully saturated rings. The van der Waals surface area contributed by atoms with E-state index < -0.39 is 0 Å². The summed E-state index contributed by atoms with van der Waals surface area (Å²) in [6.45, 7) is 6.24. The first-order valence-electron chi connectivity index (χ1n) is 9.87. The molecule has 0 unspecified atom stereocenters.